The predicted octanol–water partition coefficient (Wildman–Crippen LogP) is 3.16. The van der Waals surface area contributed by atoms with Gasteiger partial charge in [0.15, 0.2) is 0 Å². The Balaban J connectivity index is 1.40. The first kappa shape index (κ1) is 19.4. The Morgan fingerprint density at radius 1 is 1.19 bits per heavy atom. The van der Waals surface area contributed by atoms with Gasteiger partial charge in [0.1, 0.15) is 17.6 Å². The predicted molar refractivity (Wildman–Crippen MR) is 104 cm³/mol. The fourth-order valence-corrected chi connectivity index (χ4v) is 3.66. The zero-order chi connectivity index (χ0) is 19.1. The van der Waals surface area contributed by atoms with Gasteiger partial charge in [0.05, 0.1) is 6.54 Å². The molecule has 2 amide bonds. The molecule has 27 heavy (non-hydrogen) atoms. The molecular weight excluding hydrogens is 364 g/mol. The molecule has 3 rings (SSSR count). The van der Waals surface area contributed by atoms with Gasteiger partial charge in [0, 0.05) is 17.5 Å². The molecule has 1 atom stereocenters. The van der Waals surface area contributed by atoms with E-state index in [0.717, 1.165) is 24.8 Å². The number of amides is 2. The Bertz CT molecular complexity index is 795. The highest BCUT2D eigenvalue weighted by Gasteiger charge is 2.18. The third-order valence-electron chi connectivity index (χ3n) is 4.54. The second kappa shape index (κ2) is 9.53. The van der Waals surface area contributed by atoms with Crippen LogP contribution in [0.25, 0.3) is 11.3 Å². The van der Waals surface area contributed by atoms with Crippen molar-refractivity contribution in [2.24, 2.45) is 0 Å². The zero-order valence-corrected chi connectivity index (χ0v) is 15.9. The minimum Gasteiger partial charge on any atom is -0.458 e. The molecule has 0 aromatic carbocycles. The lowest BCUT2D eigenvalue weighted by Gasteiger charge is -2.13. The van der Waals surface area contributed by atoms with Crippen molar-refractivity contribution < 1.29 is 19.1 Å². The quantitative estimate of drug-likeness (QED) is 0.502. The second-order valence-electron chi connectivity index (χ2n) is 6.55. The van der Waals surface area contributed by atoms with Crippen molar-refractivity contribution in [1.29, 1.82) is 0 Å². The van der Waals surface area contributed by atoms with Crippen LogP contribution in [0.3, 0.4) is 0 Å². The first-order chi connectivity index (χ1) is 13.1. The van der Waals surface area contributed by atoms with Crippen LogP contribution >= 0.6 is 11.3 Å². The maximum Gasteiger partial charge on any atom is 0.309 e. The monoisotopic (exact) mass is 388 g/mol. The number of carbonyl (C=O) groups excluding carboxylic acids is 2. The Morgan fingerprint density at radius 2 is 2.04 bits per heavy atom. The number of hydrogen-bond acceptors (Lipinski definition) is 5. The zero-order valence-electron chi connectivity index (χ0n) is 15.1. The molecule has 2 aromatic heterocycles. The summed E-state index contributed by atoms with van der Waals surface area (Å²) in [6.45, 7) is 0.358. The number of allylic oxidation sites excluding steroid dienone is 1. The molecule has 0 fully saturated rings. The van der Waals surface area contributed by atoms with Crippen LogP contribution in [0.4, 0.5) is 0 Å². The summed E-state index contributed by atoms with van der Waals surface area (Å²) in [5.74, 6) is -0.430. The van der Waals surface area contributed by atoms with Gasteiger partial charge in [-0.25, -0.2) is 0 Å². The summed E-state index contributed by atoms with van der Waals surface area (Å²) in [7, 11) is 0. The van der Waals surface area contributed by atoms with E-state index in [1.807, 2.05) is 16.8 Å². The fourth-order valence-electron chi connectivity index (χ4n) is 3.01. The van der Waals surface area contributed by atoms with E-state index in [1.165, 1.54) is 18.4 Å². The van der Waals surface area contributed by atoms with E-state index in [1.54, 1.807) is 23.5 Å². The van der Waals surface area contributed by atoms with Gasteiger partial charge in [-0.1, -0.05) is 11.6 Å². The molecule has 0 saturated heterocycles. The standard InChI is InChI=1S/C20H24N2O4S/c23-16(18-7-6-17(26-18)15-9-11-27-13-15)12-22-20(25)19(24)21-10-8-14-4-2-1-3-5-14/h4,6-7,9,11,13,16,23H,1-3,5,8,10,12H2,(H,21,24)(H,22,25)/t16-/m1/s1. The summed E-state index contributed by atoms with van der Waals surface area (Å²) in [5, 5.41) is 19.1. The number of carbonyl (C=O) groups is 2. The second-order valence-corrected chi connectivity index (χ2v) is 7.33. The van der Waals surface area contributed by atoms with Crippen molar-refractivity contribution in [2.75, 3.05) is 13.1 Å². The summed E-state index contributed by atoms with van der Waals surface area (Å²) in [6, 6.07) is 5.37. The third-order valence-corrected chi connectivity index (χ3v) is 5.22. The lowest BCUT2D eigenvalue weighted by atomic mass is 9.97. The van der Waals surface area contributed by atoms with Crippen LogP contribution in [0.5, 0.6) is 0 Å². The molecule has 1 aliphatic carbocycles. The van der Waals surface area contributed by atoms with Gasteiger partial charge in [0.25, 0.3) is 0 Å². The minimum absolute atomic E-state index is 0.0893. The number of aliphatic hydroxyl groups is 1. The molecule has 0 saturated carbocycles. The third kappa shape index (κ3) is 5.55. The van der Waals surface area contributed by atoms with E-state index in [0.29, 0.717) is 18.1 Å². The van der Waals surface area contributed by atoms with Crippen molar-refractivity contribution in [1.82, 2.24) is 10.6 Å². The summed E-state index contributed by atoms with van der Waals surface area (Å²) in [4.78, 5) is 23.7. The average Bonchev–Trinajstić information content (AvgIpc) is 3.38. The van der Waals surface area contributed by atoms with Crippen molar-refractivity contribution in [2.45, 2.75) is 38.2 Å². The lowest BCUT2D eigenvalue weighted by Crippen LogP contribution is -2.41. The molecule has 0 bridgehead atoms. The molecular formula is C20H24N2O4S. The average molecular weight is 388 g/mol. The first-order valence-corrected chi connectivity index (χ1v) is 10.1. The Morgan fingerprint density at radius 3 is 2.78 bits per heavy atom. The van der Waals surface area contributed by atoms with Crippen molar-refractivity contribution >= 4 is 23.2 Å². The summed E-state index contributed by atoms with van der Waals surface area (Å²) < 4.78 is 5.61. The SMILES string of the molecule is O=C(NCCC1=CCCCC1)C(=O)NC[C@@H](O)c1ccc(-c2ccsc2)o1. The van der Waals surface area contributed by atoms with Gasteiger partial charge in [-0.05, 0) is 55.7 Å². The molecule has 3 N–H and O–H groups in total. The smallest absolute Gasteiger partial charge is 0.309 e. The fraction of sp³-hybridized carbons (Fsp3) is 0.400. The van der Waals surface area contributed by atoms with E-state index < -0.39 is 17.9 Å². The van der Waals surface area contributed by atoms with Crippen molar-refractivity contribution in [3.8, 4) is 11.3 Å². The lowest BCUT2D eigenvalue weighted by molar-refractivity contribution is -0.139. The van der Waals surface area contributed by atoms with Crippen LogP contribution < -0.4 is 10.6 Å². The van der Waals surface area contributed by atoms with E-state index in [2.05, 4.69) is 16.7 Å². The van der Waals surface area contributed by atoms with E-state index >= 15 is 0 Å². The van der Waals surface area contributed by atoms with Crippen molar-refractivity contribution in [3.05, 3.63) is 46.4 Å². The van der Waals surface area contributed by atoms with E-state index in [-0.39, 0.29) is 6.54 Å². The Labute approximate surface area is 162 Å². The van der Waals surface area contributed by atoms with Crippen molar-refractivity contribution in [3.63, 3.8) is 0 Å². The van der Waals surface area contributed by atoms with Crippen LogP contribution in [0, 0.1) is 0 Å². The number of furan rings is 1. The number of nitrogens with one attached hydrogen (secondary N) is 2. The summed E-state index contributed by atoms with van der Waals surface area (Å²) >= 11 is 1.56. The molecule has 7 heteroatoms. The Kier molecular flexibility index (Phi) is 6.84. The van der Waals surface area contributed by atoms with Gasteiger partial charge < -0.3 is 20.2 Å². The van der Waals surface area contributed by atoms with Crippen LogP contribution in [0.2, 0.25) is 0 Å². The summed E-state index contributed by atoms with van der Waals surface area (Å²) in [5.41, 5.74) is 2.28. The molecule has 1 aliphatic rings. The number of rotatable bonds is 7. The minimum atomic E-state index is -1.01. The number of hydrogen-bond donors (Lipinski definition) is 3. The number of thiophene rings is 1. The van der Waals surface area contributed by atoms with Gasteiger partial charge in [-0.2, -0.15) is 11.3 Å². The van der Waals surface area contributed by atoms with Gasteiger partial charge >= 0.3 is 11.8 Å². The van der Waals surface area contributed by atoms with Gasteiger partial charge in [0.2, 0.25) is 0 Å². The highest BCUT2D eigenvalue weighted by atomic mass is 32.1. The molecule has 2 aromatic rings. The Hall–Kier alpha value is -2.38. The molecule has 0 unspecified atom stereocenters. The largest absolute Gasteiger partial charge is 0.458 e. The number of aliphatic hydroxyl groups excluding tert-OH is 1. The van der Waals surface area contributed by atoms with Crippen LogP contribution in [0.15, 0.2) is 45.0 Å². The first-order valence-electron chi connectivity index (χ1n) is 9.18. The molecule has 0 spiro atoms. The van der Waals surface area contributed by atoms with Gasteiger partial charge in [-0.15, -0.1) is 0 Å². The summed E-state index contributed by atoms with van der Waals surface area (Å²) in [6.07, 6.45) is 6.58. The normalized spacial score (nSPS) is 15.1. The van der Waals surface area contributed by atoms with E-state index in [9.17, 15) is 14.7 Å². The maximum absolute atomic E-state index is 11.9. The topological polar surface area (TPSA) is 91.6 Å². The molecule has 0 aliphatic heterocycles. The van der Waals surface area contributed by atoms with Crippen LogP contribution in [-0.4, -0.2) is 30.0 Å². The van der Waals surface area contributed by atoms with Gasteiger partial charge in [-0.3, -0.25) is 9.59 Å². The highest BCUT2D eigenvalue weighted by molar-refractivity contribution is 7.08. The highest BCUT2D eigenvalue weighted by Crippen LogP contribution is 2.26. The van der Waals surface area contributed by atoms with E-state index in [4.69, 9.17) is 4.42 Å². The van der Waals surface area contributed by atoms with Crippen LogP contribution in [0.1, 0.15) is 44.0 Å². The molecule has 144 valence electrons. The molecule has 2 heterocycles. The molecule has 0 radical (unpaired) electrons. The van der Waals surface area contributed by atoms with Crippen LogP contribution in [-0.2, 0) is 9.59 Å². The molecule has 6 nitrogen and oxygen atoms in total. The maximum atomic E-state index is 11.9.